The molecule has 0 unspecified atom stereocenters. The molecule has 4 N–H and O–H groups in total. The lowest BCUT2D eigenvalue weighted by Crippen LogP contribution is -2.48. The molecule has 3 rings (SSSR count). The van der Waals surface area contributed by atoms with Crippen LogP contribution in [0.1, 0.15) is 50.0 Å². The number of nitrogens with one attached hydrogen (secondary N) is 4. The normalized spacial score (nSPS) is 16.0. The number of ether oxygens (including phenoxy) is 1. The third-order valence-electron chi connectivity index (χ3n) is 5.27. The van der Waals surface area contributed by atoms with Crippen molar-refractivity contribution in [2.45, 2.75) is 45.6 Å². The van der Waals surface area contributed by atoms with E-state index in [-0.39, 0.29) is 42.1 Å². The van der Waals surface area contributed by atoms with Gasteiger partial charge >= 0.3 is 0 Å². The van der Waals surface area contributed by atoms with Gasteiger partial charge in [0.25, 0.3) is 5.91 Å². The van der Waals surface area contributed by atoms with Gasteiger partial charge in [-0.1, -0.05) is 26.3 Å². The molecule has 1 fully saturated rings. The molecule has 1 aliphatic rings. The number of aromatic amines is 1. The van der Waals surface area contributed by atoms with E-state index < -0.39 is 17.9 Å². The first-order chi connectivity index (χ1) is 16.3. The average Bonchev–Trinajstić information content (AvgIpc) is 3.28. The molecular formula is C24H33ClN4O5. The number of ketones is 1. The molecule has 0 spiro atoms. The zero-order chi connectivity index (χ0) is 25.1. The van der Waals surface area contributed by atoms with E-state index in [9.17, 15) is 19.2 Å². The number of halogens is 1. The average molecular weight is 493 g/mol. The van der Waals surface area contributed by atoms with Crippen molar-refractivity contribution in [1.29, 1.82) is 0 Å². The third-order valence-corrected chi connectivity index (χ3v) is 5.54. The maximum atomic E-state index is 12.4. The second-order valence-corrected chi connectivity index (χ2v) is 8.35. The Balaban J connectivity index is 0.00000129. The molecule has 34 heavy (non-hydrogen) atoms. The van der Waals surface area contributed by atoms with E-state index >= 15 is 0 Å². The Bertz CT molecular complexity index is 1010. The number of amides is 3. The largest absolute Gasteiger partial charge is 0.496 e. The van der Waals surface area contributed by atoms with Gasteiger partial charge < -0.3 is 25.7 Å². The molecule has 10 heteroatoms. The summed E-state index contributed by atoms with van der Waals surface area (Å²) < 4.78 is 5.28. The van der Waals surface area contributed by atoms with Crippen molar-refractivity contribution in [3.8, 4) is 5.75 Å². The molecule has 0 aliphatic carbocycles. The predicted octanol–water partition coefficient (Wildman–Crippen LogP) is 2.53. The summed E-state index contributed by atoms with van der Waals surface area (Å²) in [6.07, 6.45) is 2.89. The second-order valence-electron chi connectivity index (χ2n) is 8.08. The SMILES string of the molecule is CCC.COc1cccc2[nH]c(C(=O)NCC(=O)N[C@@H](C[C@@H]3CCCNC3=O)C(=O)CCl)cc12. The number of benzene rings is 1. The highest BCUT2D eigenvalue weighted by molar-refractivity contribution is 6.28. The Morgan fingerprint density at radius 1 is 1.26 bits per heavy atom. The van der Waals surface area contributed by atoms with Crippen LogP contribution in [-0.2, 0) is 14.4 Å². The van der Waals surface area contributed by atoms with Gasteiger partial charge in [0.05, 0.1) is 25.6 Å². The van der Waals surface area contributed by atoms with E-state index in [0.29, 0.717) is 18.7 Å². The van der Waals surface area contributed by atoms with Crippen LogP contribution in [-0.4, -0.2) is 60.6 Å². The predicted molar refractivity (Wildman–Crippen MR) is 131 cm³/mol. The third kappa shape index (κ3) is 7.48. The van der Waals surface area contributed by atoms with Gasteiger partial charge in [-0.05, 0) is 37.5 Å². The number of piperidine rings is 1. The van der Waals surface area contributed by atoms with Gasteiger partial charge in [-0.2, -0.15) is 0 Å². The second kappa shape index (κ2) is 13.6. The van der Waals surface area contributed by atoms with Crippen LogP contribution in [0.25, 0.3) is 10.9 Å². The Morgan fingerprint density at radius 2 is 2.00 bits per heavy atom. The lowest BCUT2D eigenvalue weighted by atomic mass is 9.90. The van der Waals surface area contributed by atoms with Gasteiger partial charge in [0.2, 0.25) is 11.8 Å². The zero-order valence-corrected chi connectivity index (χ0v) is 20.6. The quantitative estimate of drug-likeness (QED) is 0.400. The fraction of sp³-hybridized carbons (Fsp3) is 0.500. The van der Waals surface area contributed by atoms with Crippen LogP contribution in [0, 0.1) is 5.92 Å². The van der Waals surface area contributed by atoms with Crippen molar-refractivity contribution in [2.24, 2.45) is 5.92 Å². The van der Waals surface area contributed by atoms with Crippen LogP contribution < -0.4 is 20.7 Å². The number of methoxy groups -OCH3 is 1. The number of Topliss-reactive ketones (excluding diaryl/α,β-unsaturated/α-hetero) is 1. The van der Waals surface area contributed by atoms with Crippen LogP contribution >= 0.6 is 11.6 Å². The topological polar surface area (TPSA) is 129 Å². The van der Waals surface area contributed by atoms with E-state index in [0.717, 1.165) is 17.3 Å². The molecule has 1 aliphatic heterocycles. The molecule has 1 saturated heterocycles. The van der Waals surface area contributed by atoms with E-state index in [4.69, 9.17) is 16.3 Å². The zero-order valence-electron chi connectivity index (χ0n) is 19.8. The lowest BCUT2D eigenvalue weighted by Gasteiger charge is -2.26. The summed E-state index contributed by atoms with van der Waals surface area (Å²) in [6.45, 7) is 4.54. The molecule has 2 heterocycles. The summed E-state index contributed by atoms with van der Waals surface area (Å²) >= 11 is 5.67. The number of carbonyl (C=O) groups is 4. The summed E-state index contributed by atoms with van der Waals surface area (Å²) in [5.41, 5.74) is 1.01. The van der Waals surface area contributed by atoms with Gasteiger partial charge in [0.15, 0.2) is 5.78 Å². The van der Waals surface area contributed by atoms with Crippen molar-refractivity contribution in [3.63, 3.8) is 0 Å². The van der Waals surface area contributed by atoms with Gasteiger partial charge in [0, 0.05) is 23.4 Å². The Hall–Kier alpha value is -3.07. The summed E-state index contributed by atoms with van der Waals surface area (Å²) in [5, 5.41) is 8.62. The first kappa shape index (κ1) is 27.2. The number of fused-ring (bicyclic) bond motifs is 1. The van der Waals surface area contributed by atoms with Gasteiger partial charge in [-0.15, -0.1) is 11.6 Å². The van der Waals surface area contributed by atoms with E-state index in [1.54, 1.807) is 25.3 Å². The standard InChI is InChI=1S/C21H25ClN4O5.C3H8/c1-31-18-6-2-5-14-13(18)9-16(25-14)21(30)24-11-19(28)26-15(17(27)10-22)8-12-4-3-7-23-20(12)29;1-3-2/h2,5-6,9,12,15,25H,3-4,7-8,10-11H2,1H3,(H,23,29)(H,24,30)(H,26,28);3H2,1-2H3/t12-,15-;/m0./s1. The van der Waals surface area contributed by atoms with E-state index in [1.807, 2.05) is 6.07 Å². The fourth-order valence-electron chi connectivity index (χ4n) is 3.64. The summed E-state index contributed by atoms with van der Waals surface area (Å²) in [4.78, 5) is 51.9. The van der Waals surface area contributed by atoms with E-state index in [2.05, 4.69) is 34.8 Å². The molecule has 3 amide bonds. The first-order valence-corrected chi connectivity index (χ1v) is 12.0. The number of alkyl halides is 1. The van der Waals surface area contributed by atoms with Crippen molar-refractivity contribution in [1.82, 2.24) is 20.9 Å². The molecular weight excluding hydrogens is 460 g/mol. The van der Waals surface area contributed by atoms with Crippen molar-refractivity contribution >= 4 is 46.0 Å². The van der Waals surface area contributed by atoms with Crippen LogP contribution in [0.15, 0.2) is 24.3 Å². The van der Waals surface area contributed by atoms with Crippen molar-refractivity contribution in [2.75, 3.05) is 26.1 Å². The molecule has 0 saturated carbocycles. The number of hydrogen-bond acceptors (Lipinski definition) is 5. The van der Waals surface area contributed by atoms with Gasteiger partial charge in [-0.3, -0.25) is 19.2 Å². The molecule has 1 aromatic carbocycles. The highest BCUT2D eigenvalue weighted by atomic mass is 35.5. The fourth-order valence-corrected chi connectivity index (χ4v) is 3.82. The Kier molecular flexibility index (Phi) is 10.9. The van der Waals surface area contributed by atoms with E-state index in [1.165, 1.54) is 6.42 Å². The van der Waals surface area contributed by atoms with Crippen molar-refractivity contribution in [3.05, 3.63) is 30.0 Å². The number of H-pyrrole nitrogens is 1. The Morgan fingerprint density at radius 3 is 2.65 bits per heavy atom. The lowest BCUT2D eigenvalue weighted by molar-refractivity contribution is -0.130. The number of rotatable bonds is 9. The Labute approximate surface area is 204 Å². The first-order valence-electron chi connectivity index (χ1n) is 11.4. The highest BCUT2D eigenvalue weighted by Gasteiger charge is 2.29. The smallest absolute Gasteiger partial charge is 0.268 e. The molecule has 2 atom stereocenters. The number of carbonyl (C=O) groups excluding carboxylic acids is 4. The molecule has 9 nitrogen and oxygen atoms in total. The maximum Gasteiger partial charge on any atom is 0.268 e. The molecule has 0 radical (unpaired) electrons. The van der Waals surface area contributed by atoms with Gasteiger partial charge in [-0.25, -0.2) is 0 Å². The summed E-state index contributed by atoms with van der Waals surface area (Å²) in [6, 6.07) is 6.15. The summed E-state index contributed by atoms with van der Waals surface area (Å²) in [7, 11) is 1.54. The molecule has 186 valence electrons. The molecule has 2 aromatic rings. The monoisotopic (exact) mass is 492 g/mol. The van der Waals surface area contributed by atoms with Crippen LogP contribution in [0.2, 0.25) is 0 Å². The molecule has 0 bridgehead atoms. The minimum absolute atomic E-state index is 0.129. The number of hydrogen-bond donors (Lipinski definition) is 4. The van der Waals surface area contributed by atoms with Gasteiger partial charge in [0.1, 0.15) is 11.4 Å². The van der Waals surface area contributed by atoms with Crippen LogP contribution in [0.4, 0.5) is 0 Å². The summed E-state index contributed by atoms with van der Waals surface area (Å²) in [5.74, 6) is -1.52. The maximum absolute atomic E-state index is 12.4. The van der Waals surface area contributed by atoms with Crippen LogP contribution in [0.3, 0.4) is 0 Å². The minimum Gasteiger partial charge on any atom is -0.496 e. The van der Waals surface area contributed by atoms with Crippen molar-refractivity contribution < 1.29 is 23.9 Å². The molecule has 1 aromatic heterocycles. The highest BCUT2D eigenvalue weighted by Crippen LogP contribution is 2.25. The minimum atomic E-state index is -0.881. The van der Waals surface area contributed by atoms with Crippen LogP contribution in [0.5, 0.6) is 5.75 Å². The number of aromatic nitrogens is 1.